The van der Waals surface area contributed by atoms with Gasteiger partial charge in [-0.1, -0.05) is 24.4 Å². The van der Waals surface area contributed by atoms with Gasteiger partial charge >= 0.3 is 0 Å². The molecule has 1 aromatic rings. The van der Waals surface area contributed by atoms with Crippen molar-refractivity contribution >= 4 is 17.3 Å². The molecule has 0 bridgehead atoms. The Morgan fingerprint density at radius 1 is 1.15 bits per heavy atom. The van der Waals surface area contributed by atoms with Crippen LogP contribution < -0.4 is 10.6 Å². The van der Waals surface area contributed by atoms with E-state index in [-0.39, 0.29) is 10.8 Å². The van der Waals surface area contributed by atoms with Gasteiger partial charge in [0.15, 0.2) is 0 Å². The predicted octanol–water partition coefficient (Wildman–Crippen LogP) is 4.20. The van der Waals surface area contributed by atoms with E-state index in [1.54, 1.807) is 6.07 Å². The minimum absolute atomic E-state index is 0.187. The van der Waals surface area contributed by atoms with Crippen molar-refractivity contribution in [2.45, 2.75) is 50.6 Å². The van der Waals surface area contributed by atoms with E-state index >= 15 is 0 Å². The van der Waals surface area contributed by atoms with Gasteiger partial charge in [-0.15, -0.1) is 0 Å². The van der Waals surface area contributed by atoms with Crippen LogP contribution in [0.25, 0.3) is 0 Å². The molecule has 2 fully saturated rings. The summed E-state index contributed by atoms with van der Waals surface area (Å²) in [5.41, 5.74) is 0.847. The summed E-state index contributed by atoms with van der Waals surface area (Å²) in [6.07, 6.45) is 7.60. The van der Waals surface area contributed by atoms with Gasteiger partial charge in [0.2, 0.25) is 0 Å². The zero-order valence-corrected chi connectivity index (χ0v) is 12.4. The van der Waals surface area contributed by atoms with Crippen LogP contribution in [-0.4, -0.2) is 18.6 Å². The standard InChI is InChI=1S/C16H22ClFN2/c17-13-8-7-11(10-14(13)18)20-16-6-3-4-12(16)15-5-1-2-9-19-15/h7-8,10,12,15-16,19-20H,1-6,9H2. The first-order valence-corrected chi connectivity index (χ1v) is 8.07. The molecule has 4 heteroatoms. The van der Waals surface area contributed by atoms with Gasteiger partial charge in [-0.2, -0.15) is 0 Å². The maximum atomic E-state index is 13.5. The van der Waals surface area contributed by atoms with Gasteiger partial charge in [-0.3, -0.25) is 0 Å². The van der Waals surface area contributed by atoms with Gasteiger partial charge in [0, 0.05) is 17.8 Å². The lowest BCUT2D eigenvalue weighted by Gasteiger charge is -2.33. The van der Waals surface area contributed by atoms with Crippen molar-refractivity contribution in [3.05, 3.63) is 29.0 Å². The molecule has 2 N–H and O–H groups in total. The topological polar surface area (TPSA) is 24.1 Å². The normalized spacial score (nSPS) is 30.4. The number of hydrogen-bond acceptors (Lipinski definition) is 2. The lowest BCUT2D eigenvalue weighted by molar-refractivity contribution is 0.286. The SMILES string of the molecule is Fc1cc(NC2CCCC2C2CCCCN2)ccc1Cl. The molecular formula is C16H22ClFN2. The number of piperidine rings is 1. The second-order valence-corrected chi connectivity index (χ2v) is 6.44. The molecule has 20 heavy (non-hydrogen) atoms. The van der Waals surface area contributed by atoms with Gasteiger partial charge in [0.1, 0.15) is 5.82 Å². The summed E-state index contributed by atoms with van der Waals surface area (Å²) in [4.78, 5) is 0. The Morgan fingerprint density at radius 2 is 2.05 bits per heavy atom. The first kappa shape index (κ1) is 14.2. The Labute approximate surface area is 125 Å². The van der Waals surface area contributed by atoms with Crippen LogP contribution in [0.2, 0.25) is 5.02 Å². The first-order valence-electron chi connectivity index (χ1n) is 7.69. The third-order valence-electron chi connectivity index (χ3n) is 4.71. The van der Waals surface area contributed by atoms with Gasteiger partial charge < -0.3 is 10.6 Å². The van der Waals surface area contributed by atoms with Crippen molar-refractivity contribution in [3.63, 3.8) is 0 Å². The molecule has 110 valence electrons. The van der Waals surface area contributed by atoms with Crippen LogP contribution in [0.5, 0.6) is 0 Å². The van der Waals surface area contributed by atoms with E-state index in [0.717, 1.165) is 12.2 Å². The molecule has 3 unspecified atom stereocenters. The number of rotatable bonds is 3. The zero-order chi connectivity index (χ0) is 13.9. The largest absolute Gasteiger partial charge is 0.382 e. The molecule has 1 aromatic carbocycles. The Hall–Kier alpha value is -0.800. The summed E-state index contributed by atoms with van der Waals surface area (Å²) in [5.74, 6) is 0.316. The van der Waals surface area contributed by atoms with Crippen molar-refractivity contribution in [2.24, 2.45) is 5.92 Å². The molecule has 1 aliphatic heterocycles. The van der Waals surface area contributed by atoms with Crippen LogP contribution in [0.4, 0.5) is 10.1 Å². The molecule has 3 rings (SSSR count). The highest BCUT2D eigenvalue weighted by Gasteiger charge is 2.34. The summed E-state index contributed by atoms with van der Waals surface area (Å²) in [5, 5.41) is 7.37. The van der Waals surface area contributed by atoms with Crippen LogP contribution in [0.1, 0.15) is 38.5 Å². The van der Waals surface area contributed by atoms with Gasteiger partial charge in [-0.05, 0) is 56.3 Å². The Morgan fingerprint density at radius 3 is 2.80 bits per heavy atom. The molecule has 3 atom stereocenters. The van der Waals surface area contributed by atoms with E-state index in [4.69, 9.17) is 11.6 Å². The van der Waals surface area contributed by atoms with Crippen molar-refractivity contribution in [3.8, 4) is 0 Å². The third-order valence-corrected chi connectivity index (χ3v) is 5.01. The summed E-state index contributed by atoms with van der Waals surface area (Å²) in [6.45, 7) is 1.14. The molecule has 1 saturated carbocycles. The molecular weight excluding hydrogens is 275 g/mol. The minimum atomic E-state index is -0.345. The van der Waals surface area contributed by atoms with Gasteiger partial charge in [0.25, 0.3) is 0 Å². The van der Waals surface area contributed by atoms with E-state index in [0.29, 0.717) is 18.0 Å². The van der Waals surface area contributed by atoms with E-state index in [1.807, 2.05) is 6.07 Å². The average Bonchev–Trinajstić information content (AvgIpc) is 2.92. The molecule has 2 nitrogen and oxygen atoms in total. The maximum absolute atomic E-state index is 13.5. The highest BCUT2D eigenvalue weighted by atomic mass is 35.5. The van der Waals surface area contributed by atoms with Crippen LogP contribution >= 0.6 is 11.6 Å². The van der Waals surface area contributed by atoms with Crippen molar-refractivity contribution in [1.82, 2.24) is 5.32 Å². The molecule has 0 radical (unpaired) electrons. The van der Waals surface area contributed by atoms with Crippen molar-refractivity contribution < 1.29 is 4.39 Å². The van der Waals surface area contributed by atoms with Crippen LogP contribution in [0, 0.1) is 11.7 Å². The second kappa shape index (κ2) is 6.31. The molecule has 0 spiro atoms. The average molecular weight is 297 g/mol. The highest BCUT2D eigenvalue weighted by Crippen LogP contribution is 2.34. The van der Waals surface area contributed by atoms with E-state index < -0.39 is 0 Å². The molecule has 1 heterocycles. The summed E-state index contributed by atoms with van der Waals surface area (Å²) < 4.78 is 13.5. The van der Waals surface area contributed by atoms with E-state index in [2.05, 4.69) is 10.6 Å². The summed E-state index contributed by atoms with van der Waals surface area (Å²) in [6, 6.07) is 6.08. The summed E-state index contributed by atoms with van der Waals surface area (Å²) >= 11 is 5.73. The number of anilines is 1. The summed E-state index contributed by atoms with van der Waals surface area (Å²) in [7, 11) is 0. The molecule has 1 aliphatic carbocycles. The van der Waals surface area contributed by atoms with Crippen LogP contribution in [0.15, 0.2) is 18.2 Å². The number of hydrogen-bond donors (Lipinski definition) is 2. The van der Waals surface area contributed by atoms with Crippen molar-refractivity contribution in [2.75, 3.05) is 11.9 Å². The highest BCUT2D eigenvalue weighted by molar-refractivity contribution is 6.30. The lowest BCUT2D eigenvalue weighted by atomic mass is 9.88. The van der Waals surface area contributed by atoms with Crippen LogP contribution in [-0.2, 0) is 0 Å². The third kappa shape index (κ3) is 3.09. The molecule has 0 aromatic heterocycles. The molecule has 2 aliphatic rings. The Bertz CT molecular complexity index is 460. The molecule has 0 amide bonds. The Balaban J connectivity index is 1.67. The smallest absolute Gasteiger partial charge is 0.143 e. The fourth-order valence-corrected chi connectivity index (χ4v) is 3.81. The number of halogens is 2. The van der Waals surface area contributed by atoms with E-state index in [9.17, 15) is 4.39 Å². The number of nitrogens with one attached hydrogen (secondary N) is 2. The fourth-order valence-electron chi connectivity index (χ4n) is 3.69. The maximum Gasteiger partial charge on any atom is 0.143 e. The quantitative estimate of drug-likeness (QED) is 0.873. The monoisotopic (exact) mass is 296 g/mol. The van der Waals surface area contributed by atoms with Crippen LogP contribution in [0.3, 0.4) is 0 Å². The Kier molecular flexibility index (Phi) is 4.47. The number of benzene rings is 1. The van der Waals surface area contributed by atoms with E-state index in [1.165, 1.54) is 44.6 Å². The fraction of sp³-hybridized carbons (Fsp3) is 0.625. The van der Waals surface area contributed by atoms with Gasteiger partial charge in [-0.25, -0.2) is 4.39 Å². The molecule has 1 saturated heterocycles. The van der Waals surface area contributed by atoms with Gasteiger partial charge in [0.05, 0.1) is 5.02 Å². The minimum Gasteiger partial charge on any atom is -0.382 e. The predicted molar refractivity (Wildman–Crippen MR) is 81.8 cm³/mol. The zero-order valence-electron chi connectivity index (χ0n) is 11.7. The van der Waals surface area contributed by atoms with Crippen molar-refractivity contribution in [1.29, 1.82) is 0 Å². The second-order valence-electron chi connectivity index (χ2n) is 6.03. The first-order chi connectivity index (χ1) is 9.74. The lowest BCUT2D eigenvalue weighted by Crippen LogP contribution is -2.44.